The van der Waals surface area contributed by atoms with E-state index in [2.05, 4.69) is 5.32 Å². The highest BCUT2D eigenvalue weighted by molar-refractivity contribution is 6.30. The molecule has 1 atom stereocenters. The Hall–Kier alpha value is -2.33. The number of hydrogen-bond donors (Lipinski definition) is 2. The fourth-order valence-corrected chi connectivity index (χ4v) is 2.18. The van der Waals surface area contributed by atoms with Gasteiger partial charge in [0, 0.05) is 10.6 Å². The fraction of sp³-hybridized carbons (Fsp3) is 0.176. The normalized spacial score (nSPS) is 11.7. The minimum atomic E-state index is -1.04. The summed E-state index contributed by atoms with van der Waals surface area (Å²) in [6.07, 6.45) is 0.914. The quantitative estimate of drug-likeness (QED) is 0.860. The molecule has 2 aromatic rings. The maximum atomic E-state index is 12.1. The Kier molecular flexibility index (Phi) is 5.55. The molecule has 0 spiro atoms. The summed E-state index contributed by atoms with van der Waals surface area (Å²) in [6, 6.07) is 15.0. The first-order valence-corrected chi connectivity index (χ1v) is 7.27. The number of benzene rings is 2. The van der Waals surface area contributed by atoms with E-state index in [1.54, 1.807) is 24.3 Å². The van der Waals surface area contributed by atoms with Crippen molar-refractivity contribution in [2.75, 3.05) is 0 Å². The molecule has 0 aliphatic rings. The van der Waals surface area contributed by atoms with Crippen molar-refractivity contribution in [3.8, 4) is 0 Å². The summed E-state index contributed by atoms with van der Waals surface area (Å²) < 4.78 is 0. The molecular formula is C17H16ClNO3. The maximum absolute atomic E-state index is 12.1. The average Bonchev–Trinajstić information content (AvgIpc) is 2.52. The van der Waals surface area contributed by atoms with Crippen LogP contribution in [0.15, 0.2) is 54.6 Å². The number of aliphatic carboxylic acids is 1. The van der Waals surface area contributed by atoms with Gasteiger partial charge in [0.1, 0.15) is 6.04 Å². The molecule has 2 aromatic carbocycles. The number of carbonyl (C=O) groups excluding carboxylic acids is 1. The van der Waals surface area contributed by atoms with Crippen LogP contribution in [-0.4, -0.2) is 23.0 Å². The number of hydrogen-bond acceptors (Lipinski definition) is 2. The van der Waals surface area contributed by atoms with Crippen LogP contribution in [0, 0.1) is 0 Å². The zero-order valence-corrected chi connectivity index (χ0v) is 12.6. The Morgan fingerprint density at radius 3 is 2.27 bits per heavy atom. The number of carbonyl (C=O) groups is 2. The number of amides is 1. The Morgan fingerprint density at radius 1 is 1.05 bits per heavy atom. The van der Waals surface area contributed by atoms with E-state index < -0.39 is 17.9 Å². The van der Waals surface area contributed by atoms with E-state index in [0.29, 0.717) is 23.4 Å². The number of carboxylic acids is 1. The van der Waals surface area contributed by atoms with Crippen molar-refractivity contribution in [2.45, 2.75) is 18.9 Å². The predicted octanol–water partition coefficient (Wildman–Crippen LogP) is 3.16. The van der Waals surface area contributed by atoms with Gasteiger partial charge in [0.05, 0.1) is 0 Å². The molecule has 0 heterocycles. The first-order chi connectivity index (χ1) is 10.6. The van der Waals surface area contributed by atoms with E-state index >= 15 is 0 Å². The molecule has 22 heavy (non-hydrogen) atoms. The number of carboxylic acid groups (broad SMARTS) is 1. The minimum absolute atomic E-state index is 0.332. The van der Waals surface area contributed by atoms with Crippen LogP contribution in [0.25, 0.3) is 0 Å². The molecule has 0 saturated heterocycles. The van der Waals surface area contributed by atoms with Crippen molar-refractivity contribution in [3.63, 3.8) is 0 Å². The van der Waals surface area contributed by atoms with Gasteiger partial charge < -0.3 is 10.4 Å². The van der Waals surface area contributed by atoms with Gasteiger partial charge in [-0.05, 0) is 42.7 Å². The van der Waals surface area contributed by atoms with Gasteiger partial charge in [0.25, 0.3) is 5.91 Å². The van der Waals surface area contributed by atoms with E-state index in [4.69, 9.17) is 11.6 Å². The standard InChI is InChI=1S/C17H16ClNO3/c18-14-9-7-13(8-10-14)16(20)19-15(17(21)22)11-6-12-4-2-1-3-5-12/h1-5,7-10,15H,6,11H2,(H,19,20)(H,21,22)/t15-/m0/s1. The Bertz CT molecular complexity index is 641. The molecule has 0 aromatic heterocycles. The van der Waals surface area contributed by atoms with Gasteiger partial charge in [-0.25, -0.2) is 4.79 Å². The van der Waals surface area contributed by atoms with Crippen LogP contribution in [-0.2, 0) is 11.2 Å². The van der Waals surface area contributed by atoms with Gasteiger partial charge in [0.2, 0.25) is 0 Å². The van der Waals surface area contributed by atoms with Crippen LogP contribution in [0.1, 0.15) is 22.3 Å². The average molecular weight is 318 g/mol. The lowest BCUT2D eigenvalue weighted by atomic mass is 10.0. The second-order valence-electron chi connectivity index (χ2n) is 4.90. The topological polar surface area (TPSA) is 66.4 Å². The predicted molar refractivity (Wildman–Crippen MR) is 85.1 cm³/mol. The van der Waals surface area contributed by atoms with Crippen LogP contribution in [0.2, 0.25) is 5.02 Å². The molecule has 0 aliphatic heterocycles. The van der Waals surface area contributed by atoms with Crippen LogP contribution in [0.3, 0.4) is 0 Å². The zero-order chi connectivity index (χ0) is 15.9. The van der Waals surface area contributed by atoms with Gasteiger partial charge in [-0.1, -0.05) is 41.9 Å². The highest BCUT2D eigenvalue weighted by Crippen LogP contribution is 2.10. The largest absolute Gasteiger partial charge is 0.480 e. The highest BCUT2D eigenvalue weighted by Gasteiger charge is 2.20. The third kappa shape index (κ3) is 4.60. The lowest BCUT2D eigenvalue weighted by molar-refractivity contribution is -0.139. The molecule has 1 amide bonds. The molecule has 0 aliphatic carbocycles. The number of aryl methyl sites for hydroxylation is 1. The maximum Gasteiger partial charge on any atom is 0.326 e. The Labute approximate surface area is 133 Å². The first-order valence-electron chi connectivity index (χ1n) is 6.89. The lowest BCUT2D eigenvalue weighted by Gasteiger charge is -2.14. The first kappa shape index (κ1) is 16.0. The summed E-state index contributed by atoms with van der Waals surface area (Å²) in [6.45, 7) is 0. The smallest absolute Gasteiger partial charge is 0.326 e. The van der Waals surface area contributed by atoms with Gasteiger partial charge in [-0.15, -0.1) is 0 Å². The fourth-order valence-electron chi connectivity index (χ4n) is 2.06. The number of nitrogens with one attached hydrogen (secondary N) is 1. The van der Waals surface area contributed by atoms with Crippen molar-refractivity contribution in [3.05, 3.63) is 70.7 Å². The van der Waals surface area contributed by atoms with Crippen molar-refractivity contribution in [1.29, 1.82) is 0 Å². The summed E-state index contributed by atoms with van der Waals surface area (Å²) >= 11 is 5.76. The third-order valence-electron chi connectivity index (χ3n) is 3.27. The van der Waals surface area contributed by atoms with Gasteiger partial charge in [0.15, 0.2) is 0 Å². The zero-order valence-electron chi connectivity index (χ0n) is 11.8. The molecule has 0 unspecified atom stereocenters. The molecule has 0 radical (unpaired) electrons. The highest BCUT2D eigenvalue weighted by atomic mass is 35.5. The van der Waals surface area contributed by atoms with Crippen molar-refractivity contribution < 1.29 is 14.7 Å². The molecule has 2 N–H and O–H groups in total. The van der Waals surface area contributed by atoms with Gasteiger partial charge in [-0.3, -0.25) is 4.79 Å². The summed E-state index contributed by atoms with van der Waals surface area (Å²) in [5.41, 5.74) is 1.42. The Balaban J connectivity index is 1.98. The Morgan fingerprint density at radius 2 is 1.68 bits per heavy atom. The second kappa shape index (κ2) is 7.61. The summed E-state index contributed by atoms with van der Waals surface area (Å²) in [4.78, 5) is 23.4. The molecule has 4 nitrogen and oxygen atoms in total. The SMILES string of the molecule is O=C(N[C@@H](CCc1ccccc1)C(=O)O)c1ccc(Cl)cc1. The van der Waals surface area contributed by atoms with Crippen molar-refractivity contribution in [2.24, 2.45) is 0 Å². The third-order valence-corrected chi connectivity index (χ3v) is 3.53. The lowest BCUT2D eigenvalue weighted by Crippen LogP contribution is -2.41. The van der Waals surface area contributed by atoms with Crippen molar-refractivity contribution in [1.82, 2.24) is 5.32 Å². The molecule has 0 fully saturated rings. The molecule has 114 valence electrons. The van der Waals surface area contributed by atoms with E-state index in [-0.39, 0.29) is 0 Å². The van der Waals surface area contributed by atoms with Crippen LogP contribution in [0.5, 0.6) is 0 Å². The molecule has 0 bridgehead atoms. The summed E-state index contributed by atoms with van der Waals surface area (Å²) in [7, 11) is 0. The second-order valence-corrected chi connectivity index (χ2v) is 5.33. The van der Waals surface area contributed by atoms with Crippen LogP contribution in [0.4, 0.5) is 0 Å². The minimum Gasteiger partial charge on any atom is -0.480 e. The molecule has 0 saturated carbocycles. The monoisotopic (exact) mass is 317 g/mol. The number of halogens is 1. The van der Waals surface area contributed by atoms with Gasteiger partial charge in [-0.2, -0.15) is 0 Å². The van der Waals surface area contributed by atoms with Crippen molar-refractivity contribution >= 4 is 23.5 Å². The molecule has 5 heteroatoms. The van der Waals surface area contributed by atoms with E-state index in [1.165, 1.54) is 0 Å². The van der Waals surface area contributed by atoms with Crippen LogP contribution >= 0.6 is 11.6 Å². The molecular weight excluding hydrogens is 302 g/mol. The van der Waals surface area contributed by atoms with E-state index in [9.17, 15) is 14.7 Å². The number of rotatable bonds is 6. The van der Waals surface area contributed by atoms with E-state index in [1.807, 2.05) is 30.3 Å². The summed E-state index contributed by atoms with van der Waals surface area (Å²) in [5, 5.41) is 12.3. The summed E-state index contributed by atoms with van der Waals surface area (Å²) in [5.74, 6) is -1.46. The van der Waals surface area contributed by atoms with E-state index in [0.717, 1.165) is 5.56 Å². The molecule has 2 rings (SSSR count). The van der Waals surface area contributed by atoms with Crippen LogP contribution < -0.4 is 5.32 Å². The van der Waals surface area contributed by atoms with Gasteiger partial charge >= 0.3 is 5.97 Å².